The Hall–Kier alpha value is -2.21. The maximum atomic E-state index is 13.8. The summed E-state index contributed by atoms with van der Waals surface area (Å²) in [6, 6.07) is 0.0880. The molecule has 13 heteroatoms. The maximum absolute atomic E-state index is 13.8. The highest BCUT2D eigenvalue weighted by atomic mass is 19.5. The summed E-state index contributed by atoms with van der Waals surface area (Å²) >= 11 is 0. The van der Waals surface area contributed by atoms with E-state index in [0.717, 1.165) is 11.1 Å². The van der Waals surface area contributed by atoms with Crippen molar-refractivity contribution in [1.29, 1.82) is 0 Å². The molecule has 0 aliphatic carbocycles. The number of benzene rings is 1. The lowest BCUT2D eigenvalue weighted by atomic mass is 10.0. The predicted molar refractivity (Wildman–Crippen MR) is 75.9 cm³/mol. The zero-order chi connectivity index (χ0) is 20.7. The van der Waals surface area contributed by atoms with E-state index in [2.05, 4.69) is 5.10 Å². The molecular formula is C14H13BF9N3. The largest absolute Gasteiger partial charge is 0.673 e. The molecule has 1 aromatic heterocycles. The lowest BCUT2D eigenvalue weighted by molar-refractivity contribution is -0.723. The van der Waals surface area contributed by atoms with Crippen LogP contribution in [-0.2, 0) is 6.42 Å². The van der Waals surface area contributed by atoms with Crippen LogP contribution in [0.5, 0.6) is 0 Å². The van der Waals surface area contributed by atoms with E-state index in [-0.39, 0.29) is 12.0 Å². The van der Waals surface area contributed by atoms with E-state index in [0.29, 0.717) is 12.2 Å². The van der Waals surface area contributed by atoms with E-state index in [1.807, 2.05) is 13.8 Å². The van der Waals surface area contributed by atoms with Crippen molar-refractivity contribution >= 4 is 7.25 Å². The molecule has 1 aliphatic rings. The molecule has 0 radical (unpaired) electrons. The fourth-order valence-electron chi connectivity index (χ4n) is 2.82. The Bertz CT molecular complexity index is 812. The zero-order valence-electron chi connectivity index (χ0n) is 14.0. The molecule has 0 saturated carbocycles. The summed E-state index contributed by atoms with van der Waals surface area (Å²) in [7, 11) is -6.00. The van der Waals surface area contributed by atoms with Crippen LogP contribution in [0.4, 0.5) is 39.2 Å². The molecular weight excluding hydrogens is 392 g/mol. The van der Waals surface area contributed by atoms with Gasteiger partial charge in [0.2, 0.25) is 41.1 Å². The number of nitrogens with zero attached hydrogens (tertiary/aromatic N) is 3. The van der Waals surface area contributed by atoms with Crippen LogP contribution in [0.1, 0.15) is 32.1 Å². The summed E-state index contributed by atoms with van der Waals surface area (Å²) in [4.78, 5) is 0. The summed E-state index contributed by atoms with van der Waals surface area (Å²) < 4.78 is 109. The molecule has 0 unspecified atom stereocenters. The second-order valence-corrected chi connectivity index (χ2v) is 6.15. The first-order valence-corrected chi connectivity index (χ1v) is 7.71. The average molecular weight is 405 g/mol. The first-order chi connectivity index (χ1) is 12.3. The molecule has 0 bridgehead atoms. The lowest BCUT2D eigenvalue weighted by Gasteiger charge is -2.12. The van der Waals surface area contributed by atoms with Gasteiger partial charge in [0.05, 0.1) is 6.04 Å². The van der Waals surface area contributed by atoms with Crippen LogP contribution in [0, 0.1) is 35.0 Å². The summed E-state index contributed by atoms with van der Waals surface area (Å²) in [5.74, 6) is -9.09. The minimum absolute atomic E-state index is 0.0880. The first kappa shape index (κ1) is 21.1. The molecule has 150 valence electrons. The van der Waals surface area contributed by atoms with Gasteiger partial charge in [-0.1, -0.05) is 18.5 Å². The van der Waals surface area contributed by atoms with Crippen molar-refractivity contribution in [3.8, 4) is 5.69 Å². The van der Waals surface area contributed by atoms with Gasteiger partial charge < -0.3 is 17.3 Å². The monoisotopic (exact) mass is 405 g/mol. The minimum Gasteiger partial charge on any atom is -0.418 e. The number of hydrogen-bond donors (Lipinski definition) is 0. The summed E-state index contributed by atoms with van der Waals surface area (Å²) in [5, 5.41) is 3.97. The fourth-order valence-corrected chi connectivity index (χ4v) is 2.82. The highest BCUT2D eigenvalue weighted by Gasteiger charge is 2.37. The zero-order valence-corrected chi connectivity index (χ0v) is 14.0. The Morgan fingerprint density at radius 3 is 1.85 bits per heavy atom. The Morgan fingerprint density at radius 1 is 0.963 bits per heavy atom. The Kier molecular flexibility index (Phi) is 5.81. The second kappa shape index (κ2) is 7.43. The van der Waals surface area contributed by atoms with E-state index >= 15 is 0 Å². The van der Waals surface area contributed by atoms with Gasteiger partial charge in [-0.2, -0.15) is 8.78 Å². The van der Waals surface area contributed by atoms with Gasteiger partial charge in [-0.05, 0) is 12.3 Å². The number of fused-ring (bicyclic) bond motifs is 1. The van der Waals surface area contributed by atoms with Crippen molar-refractivity contribution in [1.82, 2.24) is 9.78 Å². The number of aryl methyl sites for hydroxylation is 1. The molecule has 1 atom stereocenters. The molecule has 0 amide bonds. The lowest BCUT2D eigenvalue weighted by Crippen LogP contribution is -2.39. The molecule has 2 heterocycles. The highest BCUT2D eigenvalue weighted by Crippen LogP contribution is 2.28. The molecule has 3 rings (SSSR count). The third kappa shape index (κ3) is 4.38. The van der Waals surface area contributed by atoms with Crippen LogP contribution in [0.3, 0.4) is 0 Å². The van der Waals surface area contributed by atoms with Crippen LogP contribution in [0.2, 0.25) is 0 Å². The van der Waals surface area contributed by atoms with Crippen molar-refractivity contribution in [2.24, 2.45) is 5.92 Å². The Morgan fingerprint density at radius 2 is 1.41 bits per heavy atom. The first-order valence-electron chi connectivity index (χ1n) is 7.71. The molecule has 1 aromatic carbocycles. The number of halogens is 9. The molecule has 1 aliphatic heterocycles. The van der Waals surface area contributed by atoms with Crippen molar-refractivity contribution in [2.45, 2.75) is 32.7 Å². The summed E-state index contributed by atoms with van der Waals surface area (Å²) in [5.41, 5.74) is -1.05. The Balaban J connectivity index is 0.000000465. The Labute approximate surface area is 147 Å². The van der Waals surface area contributed by atoms with Gasteiger partial charge in [0.25, 0.3) is 5.82 Å². The van der Waals surface area contributed by atoms with E-state index < -0.39 is 42.0 Å². The van der Waals surface area contributed by atoms with Crippen LogP contribution in [0.15, 0.2) is 6.33 Å². The fraction of sp³-hybridized carbons (Fsp3) is 0.429. The van der Waals surface area contributed by atoms with Crippen LogP contribution >= 0.6 is 0 Å². The van der Waals surface area contributed by atoms with E-state index in [9.17, 15) is 39.2 Å². The molecule has 3 nitrogen and oxygen atoms in total. The normalized spacial score (nSPS) is 16.4. The topological polar surface area (TPSA) is 21.7 Å². The van der Waals surface area contributed by atoms with Gasteiger partial charge in [0, 0.05) is 11.5 Å². The maximum Gasteiger partial charge on any atom is 0.673 e. The van der Waals surface area contributed by atoms with Gasteiger partial charge in [0.1, 0.15) is 0 Å². The van der Waals surface area contributed by atoms with E-state index in [4.69, 9.17) is 0 Å². The van der Waals surface area contributed by atoms with Crippen LogP contribution < -0.4 is 4.57 Å². The van der Waals surface area contributed by atoms with E-state index in [1.165, 1.54) is 6.33 Å². The van der Waals surface area contributed by atoms with Gasteiger partial charge in [0.15, 0.2) is 0 Å². The summed E-state index contributed by atoms with van der Waals surface area (Å²) in [6.45, 7) is 3.98. The third-order valence-corrected chi connectivity index (χ3v) is 3.96. The molecule has 0 fully saturated rings. The smallest absolute Gasteiger partial charge is 0.418 e. The number of rotatable bonds is 2. The van der Waals surface area contributed by atoms with Crippen LogP contribution in [-0.4, -0.2) is 17.0 Å². The molecule has 0 spiro atoms. The number of aromatic nitrogens is 3. The quantitative estimate of drug-likeness (QED) is 0.240. The SMILES string of the molecule is CC(C)[C@H]1CCc2nn(-c3c(F)c(F)c(F)c(F)c3F)c[n+]21.F[B-](F)(F)F. The van der Waals surface area contributed by atoms with Crippen molar-refractivity contribution in [3.05, 3.63) is 41.2 Å². The van der Waals surface area contributed by atoms with Gasteiger partial charge in [-0.3, -0.25) is 0 Å². The predicted octanol–water partition coefficient (Wildman–Crippen LogP) is 4.30. The molecule has 27 heavy (non-hydrogen) atoms. The van der Waals surface area contributed by atoms with Gasteiger partial charge in [-0.25, -0.2) is 17.7 Å². The van der Waals surface area contributed by atoms with Crippen molar-refractivity contribution < 1.29 is 43.8 Å². The van der Waals surface area contributed by atoms with Crippen molar-refractivity contribution in [3.63, 3.8) is 0 Å². The molecule has 0 saturated heterocycles. The molecule has 0 N–H and O–H groups in total. The van der Waals surface area contributed by atoms with Crippen LogP contribution in [0.25, 0.3) is 5.69 Å². The van der Waals surface area contributed by atoms with Crippen molar-refractivity contribution in [2.75, 3.05) is 0 Å². The number of hydrogen-bond acceptors (Lipinski definition) is 1. The second-order valence-electron chi connectivity index (χ2n) is 6.15. The van der Waals surface area contributed by atoms with Gasteiger partial charge in [-0.15, -0.1) is 0 Å². The third-order valence-electron chi connectivity index (χ3n) is 3.96. The van der Waals surface area contributed by atoms with Gasteiger partial charge >= 0.3 is 7.25 Å². The molecule has 2 aromatic rings. The average Bonchev–Trinajstić information content (AvgIpc) is 3.09. The van der Waals surface area contributed by atoms with E-state index in [1.54, 1.807) is 4.57 Å². The minimum atomic E-state index is -6.00. The summed E-state index contributed by atoms with van der Waals surface area (Å²) in [6.07, 6.45) is 2.70. The highest BCUT2D eigenvalue weighted by molar-refractivity contribution is 6.50. The standard InChI is InChI=1S/C14H13F5N3.BF4/c1-6(2)7-3-4-8-20-22(5-21(7)8)14-12(18)10(16)9(15)11(17)13(14)19;2-1(3,4)5/h5-7H,3-4H2,1-2H3;/q+1;-1/t7-;/m1./s1.